The maximum atomic E-state index is 13.2. The second kappa shape index (κ2) is 5.24. The molecule has 5 nitrogen and oxygen atoms in total. The van der Waals surface area contributed by atoms with Gasteiger partial charge in [-0.1, -0.05) is 11.6 Å². The average Bonchev–Trinajstić information content (AvgIpc) is 2.35. The molecule has 1 aromatic carbocycles. The first-order chi connectivity index (χ1) is 9.68. The summed E-state index contributed by atoms with van der Waals surface area (Å²) in [5.41, 5.74) is 2.21. The minimum Gasteiger partial charge on any atom is -0.449 e. The minimum atomic E-state index is -4.97. The largest absolute Gasteiger partial charge is 0.449 e. The van der Waals surface area contributed by atoms with E-state index < -0.39 is 34.9 Å². The number of aromatic nitrogens is 2. The summed E-state index contributed by atoms with van der Waals surface area (Å²) in [5, 5.41) is -0.247. The molecule has 0 bridgehead atoms. The van der Waals surface area contributed by atoms with Crippen LogP contribution in [0.25, 0.3) is 0 Å². The summed E-state index contributed by atoms with van der Waals surface area (Å²) in [6.07, 6.45) is -4.97. The Kier molecular flexibility index (Phi) is 3.77. The normalized spacial score (nSPS) is 11.5. The van der Waals surface area contributed by atoms with Crippen LogP contribution in [0, 0.1) is 5.82 Å². The molecule has 1 aromatic heterocycles. The Balaban J connectivity index is 2.53. The van der Waals surface area contributed by atoms with E-state index in [4.69, 9.17) is 22.1 Å². The standard InChI is InChI=1S/C11H6ClF4N3O2/c12-5-2-1-4(3-6(5)13)21-7-8(11(14,15)16)18-10(17)19-9(7)20/h1-3H,(H3,17,18,19,20). The van der Waals surface area contributed by atoms with Crippen molar-refractivity contribution in [2.45, 2.75) is 6.18 Å². The van der Waals surface area contributed by atoms with Crippen LogP contribution in [0.4, 0.5) is 23.5 Å². The van der Waals surface area contributed by atoms with Crippen molar-refractivity contribution in [1.82, 2.24) is 9.97 Å². The molecule has 0 fully saturated rings. The van der Waals surface area contributed by atoms with Crippen molar-refractivity contribution in [2.24, 2.45) is 0 Å². The number of benzene rings is 1. The number of halogens is 5. The Morgan fingerprint density at radius 1 is 1.33 bits per heavy atom. The number of rotatable bonds is 2. The zero-order valence-electron chi connectivity index (χ0n) is 9.96. The number of alkyl halides is 3. The molecule has 0 radical (unpaired) electrons. The molecule has 2 aromatic rings. The van der Waals surface area contributed by atoms with Gasteiger partial charge in [-0.25, -0.2) is 9.37 Å². The van der Waals surface area contributed by atoms with Gasteiger partial charge in [-0.3, -0.25) is 9.78 Å². The molecule has 3 N–H and O–H groups in total. The molecule has 0 saturated carbocycles. The first kappa shape index (κ1) is 15.1. The van der Waals surface area contributed by atoms with Gasteiger partial charge in [0.05, 0.1) is 5.02 Å². The van der Waals surface area contributed by atoms with Crippen molar-refractivity contribution in [1.29, 1.82) is 0 Å². The van der Waals surface area contributed by atoms with Crippen molar-refractivity contribution in [2.75, 3.05) is 5.73 Å². The molecule has 112 valence electrons. The van der Waals surface area contributed by atoms with Gasteiger partial charge in [-0.05, 0) is 12.1 Å². The number of anilines is 1. The average molecular weight is 324 g/mol. The number of nitrogens with one attached hydrogen (secondary N) is 1. The Morgan fingerprint density at radius 2 is 2.00 bits per heavy atom. The molecular formula is C11H6ClF4N3O2. The lowest BCUT2D eigenvalue weighted by atomic mass is 10.3. The smallest absolute Gasteiger partial charge is 0.437 e. The van der Waals surface area contributed by atoms with E-state index in [-0.39, 0.29) is 10.8 Å². The summed E-state index contributed by atoms with van der Waals surface area (Å²) >= 11 is 5.43. The van der Waals surface area contributed by atoms with Gasteiger partial charge in [-0.15, -0.1) is 0 Å². The van der Waals surface area contributed by atoms with Crippen LogP contribution in [-0.4, -0.2) is 9.97 Å². The predicted molar refractivity (Wildman–Crippen MR) is 65.8 cm³/mol. The number of nitrogens with zero attached hydrogens (tertiary/aromatic N) is 1. The van der Waals surface area contributed by atoms with Crippen molar-refractivity contribution < 1.29 is 22.3 Å². The topological polar surface area (TPSA) is 81.0 Å². The second-order valence-corrected chi connectivity index (χ2v) is 4.21. The van der Waals surface area contributed by atoms with Gasteiger partial charge in [0.15, 0.2) is 5.69 Å². The van der Waals surface area contributed by atoms with Crippen LogP contribution in [-0.2, 0) is 6.18 Å². The van der Waals surface area contributed by atoms with Crippen LogP contribution in [0.1, 0.15) is 5.69 Å². The highest BCUT2D eigenvalue weighted by Gasteiger charge is 2.38. The number of H-pyrrole nitrogens is 1. The van der Waals surface area contributed by atoms with E-state index in [0.717, 1.165) is 18.2 Å². The van der Waals surface area contributed by atoms with Gasteiger partial charge in [0.1, 0.15) is 11.6 Å². The van der Waals surface area contributed by atoms with E-state index >= 15 is 0 Å². The summed E-state index contributed by atoms with van der Waals surface area (Å²) in [7, 11) is 0. The Labute approximate surface area is 119 Å². The highest BCUT2D eigenvalue weighted by atomic mass is 35.5. The van der Waals surface area contributed by atoms with Gasteiger partial charge in [0, 0.05) is 6.07 Å². The summed E-state index contributed by atoms with van der Waals surface area (Å²) in [4.78, 5) is 16.4. The lowest BCUT2D eigenvalue weighted by Crippen LogP contribution is -2.21. The Bertz CT molecular complexity index is 745. The zero-order chi connectivity index (χ0) is 15.8. The number of aromatic amines is 1. The van der Waals surface area contributed by atoms with Crippen molar-refractivity contribution in [3.8, 4) is 11.5 Å². The van der Waals surface area contributed by atoms with E-state index in [0.29, 0.717) is 0 Å². The third kappa shape index (κ3) is 3.24. The van der Waals surface area contributed by atoms with Crippen LogP contribution in [0.2, 0.25) is 5.02 Å². The molecular weight excluding hydrogens is 318 g/mol. The first-order valence-corrected chi connectivity index (χ1v) is 5.66. The summed E-state index contributed by atoms with van der Waals surface area (Å²) in [6, 6.07) is 2.90. The SMILES string of the molecule is Nc1nc(C(F)(F)F)c(Oc2ccc(Cl)c(F)c2)c(=O)[nH]1. The van der Waals surface area contributed by atoms with Gasteiger partial charge in [0.2, 0.25) is 11.7 Å². The molecule has 10 heteroatoms. The maximum Gasteiger partial charge on any atom is 0.437 e. The molecule has 2 rings (SSSR count). The number of hydrogen-bond acceptors (Lipinski definition) is 4. The van der Waals surface area contributed by atoms with E-state index in [9.17, 15) is 22.4 Å². The molecule has 0 unspecified atom stereocenters. The highest BCUT2D eigenvalue weighted by Crippen LogP contribution is 2.35. The third-order valence-corrected chi connectivity index (χ3v) is 2.58. The van der Waals surface area contributed by atoms with Crippen LogP contribution in [0.5, 0.6) is 11.5 Å². The quantitative estimate of drug-likeness (QED) is 0.833. The number of nitrogen functional groups attached to an aromatic ring is 1. The van der Waals surface area contributed by atoms with Crippen LogP contribution in [0.3, 0.4) is 0 Å². The van der Waals surface area contributed by atoms with E-state index in [1.54, 1.807) is 0 Å². The van der Waals surface area contributed by atoms with E-state index in [1.165, 1.54) is 0 Å². The molecule has 0 aliphatic heterocycles. The predicted octanol–water partition coefficient (Wildman–Crippen LogP) is 2.96. The third-order valence-electron chi connectivity index (χ3n) is 2.27. The Morgan fingerprint density at radius 3 is 2.57 bits per heavy atom. The fourth-order valence-electron chi connectivity index (χ4n) is 1.42. The summed E-state index contributed by atoms with van der Waals surface area (Å²) in [6.45, 7) is 0. The summed E-state index contributed by atoms with van der Waals surface area (Å²) in [5.74, 6) is -3.12. The zero-order valence-corrected chi connectivity index (χ0v) is 10.7. The van der Waals surface area contributed by atoms with Gasteiger partial charge >= 0.3 is 6.18 Å². The lowest BCUT2D eigenvalue weighted by Gasteiger charge is -2.12. The lowest BCUT2D eigenvalue weighted by molar-refractivity contribution is -0.142. The van der Waals surface area contributed by atoms with Gasteiger partial charge in [-0.2, -0.15) is 13.2 Å². The van der Waals surface area contributed by atoms with Gasteiger partial charge < -0.3 is 10.5 Å². The maximum absolute atomic E-state index is 13.2. The first-order valence-electron chi connectivity index (χ1n) is 5.28. The van der Waals surface area contributed by atoms with E-state index in [1.807, 2.05) is 4.98 Å². The van der Waals surface area contributed by atoms with E-state index in [2.05, 4.69) is 4.98 Å². The molecule has 0 spiro atoms. The van der Waals surface area contributed by atoms with Crippen LogP contribution >= 0.6 is 11.6 Å². The fraction of sp³-hybridized carbons (Fsp3) is 0.0909. The van der Waals surface area contributed by atoms with Crippen LogP contribution < -0.4 is 16.0 Å². The molecule has 21 heavy (non-hydrogen) atoms. The minimum absolute atomic E-state index is 0.247. The highest BCUT2D eigenvalue weighted by molar-refractivity contribution is 6.30. The molecule has 0 aliphatic carbocycles. The number of nitrogens with two attached hydrogens (primary N) is 1. The van der Waals surface area contributed by atoms with Crippen molar-refractivity contribution >= 4 is 17.5 Å². The molecule has 0 atom stereocenters. The van der Waals surface area contributed by atoms with Crippen molar-refractivity contribution in [3.63, 3.8) is 0 Å². The molecule has 0 aliphatic rings. The molecule has 0 amide bonds. The number of ether oxygens (including phenoxy) is 1. The second-order valence-electron chi connectivity index (χ2n) is 3.80. The van der Waals surface area contributed by atoms with Crippen LogP contribution in [0.15, 0.2) is 23.0 Å². The summed E-state index contributed by atoms with van der Waals surface area (Å²) < 4.78 is 56.4. The van der Waals surface area contributed by atoms with Crippen molar-refractivity contribution in [3.05, 3.63) is 45.1 Å². The van der Waals surface area contributed by atoms with Gasteiger partial charge in [0.25, 0.3) is 5.56 Å². The fourth-order valence-corrected chi connectivity index (χ4v) is 1.54. The molecule has 0 saturated heterocycles. The monoisotopic (exact) mass is 323 g/mol. The molecule has 1 heterocycles. The number of hydrogen-bond donors (Lipinski definition) is 2. The Hall–Kier alpha value is -2.29.